The predicted molar refractivity (Wildman–Crippen MR) is 57.1 cm³/mol. The Morgan fingerprint density at radius 1 is 1.56 bits per heavy atom. The standard InChI is InChI=1S/C11H15NO4/c1-2-16-11(13)9-6-4-3-5-7-10(8-9)12(14)15/h9-10H,2,4,6-8H2,1H3. The highest BCUT2D eigenvalue weighted by Gasteiger charge is 2.30. The number of nitrogens with zero attached hydrogens (tertiary/aromatic N) is 1. The van der Waals surface area contributed by atoms with Gasteiger partial charge in [-0.1, -0.05) is 5.92 Å². The lowest BCUT2D eigenvalue weighted by Gasteiger charge is -2.17. The van der Waals surface area contributed by atoms with E-state index in [2.05, 4.69) is 11.8 Å². The number of hydrogen-bond donors (Lipinski definition) is 0. The Labute approximate surface area is 94.3 Å². The summed E-state index contributed by atoms with van der Waals surface area (Å²) in [5.41, 5.74) is 0. The Hall–Kier alpha value is -1.57. The summed E-state index contributed by atoms with van der Waals surface area (Å²) in [5, 5.41) is 10.7. The van der Waals surface area contributed by atoms with Crippen LogP contribution in [0.25, 0.3) is 0 Å². The fourth-order valence-corrected chi connectivity index (χ4v) is 1.69. The zero-order chi connectivity index (χ0) is 12.0. The van der Waals surface area contributed by atoms with Crippen LogP contribution in [-0.2, 0) is 9.53 Å². The zero-order valence-corrected chi connectivity index (χ0v) is 9.27. The zero-order valence-electron chi connectivity index (χ0n) is 9.27. The van der Waals surface area contributed by atoms with E-state index >= 15 is 0 Å². The van der Waals surface area contributed by atoms with E-state index in [0.29, 0.717) is 19.4 Å². The second-order valence-electron chi connectivity index (χ2n) is 3.72. The number of carbonyl (C=O) groups excluding carboxylic acids is 1. The monoisotopic (exact) mass is 225 g/mol. The fourth-order valence-electron chi connectivity index (χ4n) is 1.69. The summed E-state index contributed by atoms with van der Waals surface area (Å²) >= 11 is 0. The summed E-state index contributed by atoms with van der Waals surface area (Å²) in [7, 11) is 0. The largest absolute Gasteiger partial charge is 0.466 e. The summed E-state index contributed by atoms with van der Waals surface area (Å²) in [6, 6.07) is -0.748. The Balaban J connectivity index is 2.68. The van der Waals surface area contributed by atoms with Crippen molar-refractivity contribution in [2.75, 3.05) is 6.61 Å². The van der Waals surface area contributed by atoms with Gasteiger partial charge in [-0.3, -0.25) is 14.9 Å². The van der Waals surface area contributed by atoms with E-state index in [1.807, 2.05) is 0 Å². The van der Waals surface area contributed by atoms with Gasteiger partial charge in [0.25, 0.3) is 0 Å². The summed E-state index contributed by atoms with van der Waals surface area (Å²) in [4.78, 5) is 21.9. The SMILES string of the molecule is CCOC(=O)C1CCC#CCC([N+](=O)[O-])C1. The molecule has 1 aliphatic carbocycles. The van der Waals surface area contributed by atoms with Crippen molar-refractivity contribution < 1.29 is 14.5 Å². The Morgan fingerprint density at radius 2 is 2.31 bits per heavy atom. The highest BCUT2D eigenvalue weighted by molar-refractivity contribution is 5.72. The molecule has 0 heterocycles. The molecular weight excluding hydrogens is 210 g/mol. The summed E-state index contributed by atoms with van der Waals surface area (Å²) in [6.45, 7) is 2.04. The summed E-state index contributed by atoms with van der Waals surface area (Å²) < 4.78 is 4.90. The number of nitro groups is 1. The lowest BCUT2D eigenvalue weighted by molar-refractivity contribution is -0.523. The molecule has 0 aromatic heterocycles. The van der Waals surface area contributed by atoms with Crippen LogP contribution in [0.4, 0.5) is 0 Å². The number of carbonyl (C=O) groups is 1. The Kier molecular flexibility index (Phi) is 4.77. The molecular formula is C11H15NO4. The van der Waals surface area contributed by atoms with Gasteiger partial charge in [0.2, 0.25) is 6.04 Å². The maximum absolute atomic E-state index is 11.5. The van der Waals surface area contributed by atoms with Gasteiger partial charge in [-0.2, -0.15) is 0 Å². The van der Waals surface area contributed by atoms with Crippen LogP contribution in [0.5, 0.6) is 0 Å². The minimum absolute atomic E-state index is 0.225. The van der Waals surface area contributed by atoms with Gasteiger partial charge in [-0.05, 0) is 13.3 Å². The maximum atomic E-state index is 11.5. The summed E-state index contributed by atoms with van der Waals surface area (Å²) in [5.74, 6) is 4.88. The van der Waals surface area contributed by atoms with Gasteiger partial charge in [-0.15, -0.1) is 5.92 Å². The first kappa shape index (κ1) is 12.5. The molecule has 5 nitrogen and oxygen atoms in total. The van der Waals surface area contributed by atoms with Crippen LogP contribution in [-0.4, -0.2) is 23.5 Å². The van der Waals surface area contributed by atoms with E-state index < -0.39 is 6.04 Å². The van der Waals surface area contributed by atoms with Crippen LogP contribution in [0.2, 0.25) is 0 Å². The number of esters is 1. The molecule has 1 aliphatic rings. The van der Waals surface area contributed by atoms with Gasteiger partial charge in [0, 0.05) is 17.8 Å². The second-order valence-corrected chi connectivity index (χ2v) is 3.72. The van der Waals surface area contributed by atoms with E-state index in [4.69, 9.17) is 4.74 Å². The first-order valence-electron chi connectivity index (χ1n) is 5.41. The maximum Gasteiger partial charge on any atom is 0.309 e. The molecule has 0 radical (unpaired) electrons. The molecule has 0 bridgehead atoms. The minimum Gasteiger partial charge on any atom is -0.466 e. The van der Waals surface area contributed by atoms with Crippen molar-refractivity contribution in [3.05, 3.63) is 10.1 Å². The molecule has 0 aromatic rings. The molecule has 0 N–H and O–H groups in total. The molecule has 0 aromatic carbocycles. The third-order valence-corrected chi connectivity index (χ3v) is 2.56. The van der Waals surface area contributed by atoms with Crippen molar-refractivity contribution in [2.24, 2.45) is 5.92 Å². The predicted octanol–water partition coefficient (Wildman–Crippen LogP) is 1.39. The number of hydrogen-bond acceptors (Lipinski definition) is 4. The van der Waals surface area contributed by atoms with Crippen molar-refractivity contribution in [1.82, 2.24) is 0 Å². The quantitative estimate of drug-likeness (QED) is 0.315. The normalized spacial score (nSPS) is 24.6. The van der Waals surface area contributed by atoms with Gasteiger partial charge < -0.3 is 4.74 Å². The fraction of sp³-hybridized carbons (Fsp3) is 0.727. The number of ether oxygens (including phenoxy) is 1. The molecule has 0 saturated heterocycles. The molecule has 0 amide bonds. The molecule has 0 spiro atoms. The summed E-state index contributed by atoms with van der Waals surface area (Å²) in [6.07, 6.45) is 1.62. The van der Waals surface area contributed by atoms with Gasteiger partial charge in [-0.25, -0.2) is 0 Å². The van der Waals surface area contributed by atoms with Crippen molar-refractivity contribution in [3.63, 3.8) is 0 Å². The highest BCUT2D eigenvalue weighted by Crippen LogP contribution is 2.20. The minimum atomic E-state index is -0.748. The first-order valence-corrected chi connectivity index (χ1v) is 5.41. The van der Waals surface area contributed by atoms with E-state index in [1.165, 1.54) is 0 Å². The Bertz CT molecular complexity index is 329. The van der Waals surface area contributed by atoms with Gasteiger partial charge in [0.15, 0.2) is 0 Å². The van der Waals surface area contributed by atoms with Gasteiger partial charge in [0.05, 0.1) is 18.9 Å². The van der Waals surface area contributed by atoms with Crippen LogP contribution >= 0.6 is 0 Å². The van der Waals surface area contributed by atoms with Crippen molar-refractivity contribution in [3.8, 4) is 11.8 Å². The van der Waals surface area contributed by atoms with Gasteiger partial charge >= 0.3 is 5.97 Å². The third kappa shape index (κ3) is 3.54. The van der Waals surface area contributed by atoms with E-state index in [0.717, 1.165) is 0 Å². The first-order chi connectivity index (χ1) is 7.65. The highest BCUT2D eigenvalue weighted by atomic mass is 16.6. The molecule has 5 heteroatoms. The second kappa shape index (κ2) is 6.11. The molecule has 16 heavy (non-hydrogen) atoms. The van der Waals surface area contributed by atoms with Crippen molar-refractivity contribution in [2.45, 2.75) is 38.6 Å². The Morgan fingerprint density at radius 3 is 2.94 bits per heavy atom. The molecule has 88 valence electrons. The number of rotatable bonds is 3. The molecule has 0 fully saturated rings. The van der Waals surface area contributed by atoms with E-state index in [1.54, 1.807) is 6.92 Å². The average molecular weight is 225 g/mol. The molecule has 0 aliphatic heterocycles. The molecule has 1 rings (SSSR count). The topological polar surface area (TPSA) is 69.4 Å². The van der Waals surface area contributed by atoms with E-state index in [-0.39, 0.29) is 29.7 Å². The van der Waals surface area contributed by atoms with Crippen LogP contribution < -0.4 is 0 Å². The molecule has 2 atom stereocenters. The molecule has 0 saturated carbocycles. The lowest BCUT2D eigenvalue weighted by Crippen LogP contribution is -2.28. The third-order valence-electron chi connectivity index (χ3n) is 2.56. The average Bonchev–Trinajstić information content (AvgIpc) is 2.16. The van der Waals surface area contributed by atoms with Crippen molar-refractivity contribution in [1.29, 1.82) is 0 Å². The van der Waals surface area contributed by atoms with Crippen LogP contribution in [0.3, 0.4) is 0 Å². The smallest absolute Gasteiger partial charge is 0.309 e. The van der Waals surface area contributed by atoms with Crippen LogP contribution in [0, 0.1) is 27.9 Å². The van der Waals surface area contributed by atoms with E-state index in [9.17, 15) is 14.9 Å². The lowest BCUT2D eigenvalue weighted by atomic mass is 9.92. The molecule has 2 unspecified atom stereocenters. The van der Waals surface area contributed by atoms with Crippen LogP contribution in [0.15, 0.2) is 0 Å². The van der Waals surface area contributed by atoms with Gasteiger partial charge in [0.1, 0.15) is 0 Å². The van der Waals surface area contributed by atoms with Crippen LogP contribution in [0.1, 0.15) is 32.6 Å². The van der Waals surface area contributed by atoms with Crippen molar-refractivity contribution >= 4 is 5.97 Å².